The largest absolute Gasteiger partial charge is 0.327 e. The van der Waals surface area contributed by atoms with E-state index in [-0.39, 0.29) is 6.04 Å². The van der Waals surface area contributed by atoms with E-state index in [1.165, 1.54) is 10.4 Å². The smallest absolute Gasteiger partial charge is 0.107 e. The van der Waals surface area contributed by atoms with Gasteiger partial charge in [-0.2, -0.15) is 0 Å². The minimum Gasteiger partial charge on any atom is -0.327 e. The van der Waals surface area contributed by atoms with E-state index in [4.69, 9.17) is 17.3 Å². The summed E-state index contributed by atoms with van der Waals surface area (Å²) in [5.41, 5.74) is 7.42. The summed E-state index contributed by atoms with van der Waals surface area (Å²) < 4.78 is 1.76. The lowest BCUT2D eigenvalue weighted by Gasteiger charge is -2.10. The summed E-state index contributed by atoms with van der Waals surface area (Å²) in [6.45, 7) is 0. The van der Waals surface area contributed by atoms with Gasteiger partial charge < -0.3 is 5.73 Å². The van der Waals surface area contributed by atoms with Crippen molar-refractivity contribution in [1.29, 1.82) is 0 Å². The maximum atomic E-state index is 6.15. The molecule has 2 rings (SSSR count). The molecule has 0 fully saturated rings. The Morgan fingerprint density at radius 3 is 2.53 bits per heavy atom. The van der Waals surface area contributed by atoms with Crippen LogP contribution in [0.1, 0.15) is 10.4 Å². The third-order valence-electron chi connectivity index (χ3n) is 2.50. The quantitative estimate of drug-likeness (QED) is 0.890. The molecule has 0 amide bonds. The van der Waals surface area contributed by atoms with E-state index in [0.717, 1.165) is 21.7 Å². The number of nitrogens with two attached hydrogens (primary N) is 1. The highest BCUT2D eigenvalue weighted by Crippen LogP contribution is 2.32. The van der Waals surface area contributed by atoms with E-state index >= 15 is 0 Å². The molecule has 2 N–H and O–H groups in total. The van der Waals surface area contributed by atoms with Crippen molar-refractivity contribution in [3.05, 3.63) is 55.6 Å². The normalized spacial score (nSPS) is 12.6. The second-order valence-electron chi connectivity index (χ2n) is 3.99. The average molecular weight is 331 g/mol. The summed E-state index contributed by atoms with van der Waals surface area (Å²) >= 11 is 11.0. The zero-order valence-corrected chi connectivity index (χ0v) is 12.4. The third kappa shape index (κ3) is 3.81. The molecule has 2 aromatic rings. The first kappa shape index (κ1) is 13.1. The molecule has 1 atom stereocenters. The maximum Gasteiger partial charge on any atom is 0.107 e. The van der Waals surface area contributed by atoms with Crippen LogP contribution in [0.3, 0.4) is 0 Å². The van der Waals surface area contributed by atoms with Gasteiger partial charge in [-0.15, -0.1) is 11.3 Å². The SMILES string of the molecule is NC(Cc1ccccc1)Cc1cc(Br)c(Cl)s1. The molecule has 17 heavy (non-hydrogen) atoms. The standard InChI is InChI=1S/C13H13BrClNS/c14-12-8-11(17-13(12)15)7-10(16)6-9-4-2-1-3-5-9/h1-5,8,10H,6-7,16H2. The Morgan fingerprint density at radius 2 is 1.94 bits per heavy atom. The average Bonchev–Trinajstić information content (AvgIpc) is 2.59. The second kappa shape index (κ2) is 6.01. The van der Waals surface area contributed by atoms with Gasteiger partial charge in [0.25, 0.3) is 0 Å². The van der Waals surface area contributed by atoms with E-state index in [0.29, 0.717) is 0 Å². The van der Waals surface area contributed by atoms with Gasteiger partial charge in [-0.05, 0) is 40.4 Å². The highest BCUT2D eigenvalue weighted by molar-refractivity contribution is 9.10. The fourth-order valence-corrected chi connectivity index (χ4v) is 3.62. The molecule has 4 heteroatoms. The Kier molecular flexibility index (Phi) is 4.62. The van der Waals surface area contributed by atoms with E-state index in [1.807, 2.05) is 18.2 Å². The van der Waals surface area contributed by atoms with Crippen molar-refractivity contribution in [2.24, 2.45) is 5.73 Å². The van der Waals surface area contributed by atoms with Gasteiger partial charge in [-0.3, -0.25) is 0 Å². The number of thiophene rings is 1. The van der Waals surface area contributed by atoms with Crippen LogP contribution in [-0.2, 0) is 12.8 Å². The summed E-state index contributed by atoms with van der Waals surface area (Å²) in [5.74, 6) is 0. The molecule has 0 aliphatic rings. The number of hydrogen-bond acceptors (Lipinski definition) is 2. The first-order chi connectivity index (χ1) is 8.15. The van der Waals surface area contributed by atoms with Crippen molar-refractivity contribution in [1.82, 2.24) is 0 Å². The molecule has 0 saturated carbocycles. The minimum absolute atomic E-state index is 0.138. The van der Waals surface area contributed by atoms with Crippen molar-refractivity contribution in [2.45, 2.75) is 18.9 Å². The number of hydrogen-bond donors (Lipinski definition) is 1. The van der Waals surface area contributed by atoms with Crippen molar-refractivity contribution in [2.75, 3.05) is 0 Å². The van der Waals surface area contributed by atoms with Gasteiger partial charge >= 0.3 is 0 Å². The molecule has 0 spiro atoms. The molecular formula is C13H13BrClNS. The molecule has 0 bridgehead atoms. The van der Waals surface area contributed by atoms with Crippen LogP contribution in [0.25, 0.3) is 0 Å². The molecule has 1 nitrogen and oxygen atoms in total. The van der Waals surface area contributed by atoms with Crippen LogP contribution in [0.15, 0.2) is 40.9 Å². The van der Waals surface area contributed by atoms with Gasteiger partial charge in [0.2, 0.25) is 0 Å². The Hall–Kier alpha value is -0.350. The molecule has 0 aliphatic heterocycles. The topological polar surface area (TPSA) is 26.0 Å². The summed E-state index contributed by atoms with van der Waals surface area (Å²) in [6, 6.07) is 12.5. The Morgan fingerprint density at radius 1 is 1.24 bits per heavy atom. The van der Waals surface area contributed by atoms with Crippen molar-refractivity contribution in [3.63, 3.8) is 0 Å². The highest BCUT2D eigenvalue weighted by atomic mass is 79.9. The van der Waals surface area contributed by atoms with Crippen LogP contribution < -0.4 is 5.73 Å². The first-order valence-corrected chi connectivity index (χ1v) is 7.37. The Balaban J connectivity index is 1.95. The van der Waals surface area contributed by atoms with Crippen molar-refractivity contribution < 1.29 is 0 Å². The van der Waals surface area contributed by atoms with E-state index in [1.54, 1.807) is 11.3 Å². The predicted octanol–water partition coefficient (Wildman–Crippen LogP) is 4.28. The second-order valence-corrected chi connectivity index (χ2v) is 6.58. The number of benzene rings is 1. The molecule has 1 unspecified atom stereocenters. The molecule has 1 aromatic carbocycles. The minimum atomic E-state index is 0.138. The van der Waals surface area contributed by atoms with Crippen LogP contribution in [-0.4, -0.2) is 6.04 Å². The fourth-order valence-electron chi connectivity index (χ4n) is 1.74. The lowest BCUT2D eigenvalue weighted by molar-refractivity contribution is 0.671. The maximum absolute atomic E-state index is 6.15. The van der Waals surface area contributed by atoms with Gasteiger partial charge in [0.15, 0.2) is 0 Å². The summed E-state index contributed by atoms with van der Waals surface area (Å²) in [7, 11) is 0. The van der Waals surface area contributed by atoms with E-state index in [9.17, 15) is 0 Å². The zero-order valence-electron chi connectivity index (χ0n) is 9.20. The van der Waals surface area contributed by atoms with Crippen LogP contribution in [0.5, 0.6) is 0 Å². The van der Waals surface area contributed by atoms with Gasteiger partial charge in [-0.25, -0.2) is 0 Å². The molecule has 0 aliphatic carbocycles. The summed E-state index contributed by atoms with van der Waals surface area (Å²) in [6.07, 6.45) is 1.76. The first-order valence-electron chi connectivity index (χ1n) is 5.38. The number of rotatable bonds is 4. The van der Waals surface area contributed by atoms with Crippen molar-refractivity contribution >= 4 is 38.9 Å². The monoisotopic (exact) mass is 329 g/mol. The Bertz CT molecular complexity index is 464. The molecule has 1 heterocycles. The van der Waals surface area contributed by atoms with Crippen molar-refractivity contribution in [3.8, 4) is 0 Å². The van der Waals surface area contributed by atoms with Gasteiger partial charge in [0, 0.05) is 15.4 Å². The predicted molar refractivity (Wildman–Crippen MR) is 78.9 cm³/mol. The molecule has 0 radical (unpaired) electrons. The van der Waals surface area contributed by atoms with Crippen LogP contribution >= 0.6 is 38.9 Å². The third-order valence-corrected chi connectivity index (χ3v) is 5.00. The number of halogens is 2. The van der Waals surface area contributed by atoms with Gasteiger partial charge in [0.1, 0.15) is 4.34 Å². The molecular weight excluding hydrogens is 318 g/mol. The lowest BCUT2D eigenvalue weighted by atomic mass is 10.0. The van der Waals surface area contributed by atoms with E-state index < -0.39 is 0 Å². The highest BCUT2D eigenvalue weighted by Gasteiger charge is 2.09. The Labute approximate surface area is 119 Å². The molecule has 90 valence electrons. The molecule has 1 aromatic heterocycles. The lowest BCUT2D eigenvalue weighted by Crippen LogP contribution is -2.24. The zero-order chi connectivity index (χ0) is 12.3. The van der Waals surface area contributed by atoms with E-state index in [2.05, 4.69) is 34.1 Å². The summed E-state index contributed by atoms with van der Waals surface area (Å²) in [5, 5.41) is 0. The van der Waals surface area contributed by atoms with Gasteiger partial charge in [-0.1, -0.05) is 41.9 Å². The summed E-state index contributed by atoms with van der Waals surface area (Å²) in [4.78, 5) is 1.23. The van der Waals surface area contributed by atoms with Crippen LogP contribution in [0.2, 0.25) is 4.34 Å². The fraction of sp³-hybridized carbons (Fsp3) is 0.231. The molecule has 0 saturated heterocycles. The van der Waals surface area contributed by atoms with Crippen LogP contribution in [0, 0.1) is 0 Å². The van der Waals surface area contributed by atoms with Gasteiger partial charge in [0.05, 0.1) is 0 Å². The van der Waals surface area contributed by atoms with Crippen LogP contribution in [0.4, 0.5) is 0 Å².